The molecule has 1 unspecified atom stereocenters. The van der Waals surface area contributed by atoms with Gasteiger partial charge in [0.1, 0.15) is 5.82 Å². The fourth-order valence-electron chi connectivity index (χ4n) is 1.76. The van der Waals surface area contributed by atoms with E-state index in [9.17, 15) is 9.50 Å². The normalized spacial score (nSPS) is 12.7. The number of aliphatic hydroxyl groups is 1. The van der Waals surface area contributed by atoms with Crippen LogP contribution in [0.2, 0.25) is 0 Å². The summed E-state index contributed by atoms with van der Waals surface area (Å²) in [6, 6.07) is 4.61. The van der Waals surface area contributed by atoms with Crippen LogP contribution in [0.5, 0.6) is 0 Å². The summed E-state index contributed by atoms with van der Waals surface area (Å²) in [6.45, 7) is 1.96. The average Bonchev–Trinajstić information content (AvgIpc) is 2.75. The Morgan fingerprint density at radius 2 is 2.22 bits per heavy atom. The van der Waals surface area contributed by atoms with E-state index < -0.39 is 6.10 Å². The Kier molecular flexibility index (Phi) is 4.42. The molecule has 0 saturated carbocycles. The maximum atomic E-state index is 13.2. The lowest BCUT2D eigenvalue weighted by Crippen LogP contribution is -2.03. The van der Waals surface area contributed by atoms with Crippen molar-refractivity contribution in [2.24, 2.45) is 0 Å². The van der Waals surface area contributed by atoms with Gasteiger partial charge in [-0.05, 0) is 41.7 Å². The summed E-state index contributed by atoms with van der Waals surface area (Å²) in [7, 11) is 0. The molecule has 96 valence electrons. The van der Waals surface area contributed by atoms with Crippen molar-refractivity contribution in [1.82, 2.24) is 9.59 Å². The quantitative estimate of drug-likeness (QED) is 0.935. The monoisotopic (exact) mass is 330 g/mol. The highest BCUT2D eigenvalue weighted by molar-refractivity contribution is 9.10. The molecule has 1 heterocycles. The van der Waals surface area contributed by atoms with Crippen LogP contribution >= 0.6 is 27.5 Å². The van der Waals surface area contributed by atoms with E-state index in [0.717, 1.165) is 22.6 Å². The minimum Gasteiger partial charge on any atom is -0.387 e. The first kappa shape index (κ1) is 13.6. The summed E-state index contributed by atoms with van der Waals surface area (Å²) in [6.07, 6.45) is 0.400. The van der Waals surface area contributed by atoms with Gasteiger partial charge in [0.2, 0.25) is 0 Å². The summed E-state index contributed by atoms with van der Waals surface area (Å²) >= 11 is 4.43. The molecule has 3 nitrogen and oxygen atoms in total. The zero-order valence-corrected chi connectivity index (χ0v) is 12.1. The second kappa shape index (κ2) is 5.86. The molecule has 6 heteroatoms. The summed E-state index contributed by atoms with van der Waals surface area (Å²) in [4.78, 5) is 0.762. The maximum absolute atomic E-state index is 13.2. The lowest BCUT2D eigenvalue weighted by Gasteiger charge is -2.09. The van der Waals surface area contributed by atoms with E-state index in [2.05, 4.69) is 25.5 Å². The highest BCUT2D eigenvalue weighted by Crippen LogP contribution is 2.25. The number of benzene rings is 1. The van der Waals surface area contributed by atoms with Crippen molar-refractivity contribution >= 4 is 27.5 Å². The van der Waals surface area contributed by atoms with Gasteiger partial charge in [-0.3, -0.25) is 0 Å². The van der Waals surface area contributed by atoms with Crippen molar-refractivity contribution in [3.8, 4) is 0 Å². The van der Waals surface area contributed by atoms with Crippen LogP contribution in [0, 0.1) is 5.82 Å². The van der Waals surface area contributed by atoms with Crippen LogP contribution in [0.15, 0.2) is 22.7 Å². The van der Waals surface area contributed by atoms with Gasteiger partial charge in [0, 0.05) is 10.9 Å². The van der Waals surface area contributed by atoms with Gasteiger partial charge < -0.3 is 5.11 Å². The number of nitrogens with zero attached hydrogens (tertiary/aromatic N) is 2. The SMILES string of the molecule is CCc1nnsc1C(O)Cc1cc(F)cc(Br)c1. The van der Waals surface area contributed by atoms with Crippen LogP contribution in [0.25, 0.3) is 0 Å². The lowest BCUT2D eigenvalue weighted by molar-refractivity contribution is 0.181. The van der Waals surface area contributed by atoms with Crippen molar-refractivity contribution in [2.75, 3.05) is 0 Å². The Morgan fingerprint density at radius 1 is 1.44 bits per heavy atom. The minimum absolute atomic E-state index is 0.315. The first-order chi connectivity index (χ1) is 8.60. The Balaban J connectivity index is 2.18. The third-order valence-corrected chi connectivity index (χ3v) is 3.90. The van der Waals surface area contributed by atoms with Crippen LogP contribution in [0.4, 0.5) is 4.39 Å². The molecule has 1 aromatic carbocycles. The molecule has 0 fully saturated rings. The van der Waals surface area contributed by atoms with Crippen LogP contribution < -0.4 is 0 Å². The molecule has 1 N–H and O–H groups in total. The Bertz CT molecular complexity index is 526. The van der Waals surface area contributed by atoms with Crippen LogP contribution in [-0.4, -0.2) is 14.7 Å². The maximum Gasteiger partial charge on any atom is 0.124 e. The molecule has 1 aromatic heterocycles. The van der Waals surface area contributed by atoms with E-state index >= 15 is 0 Å². The molecule has 0 spiro atoms. The van der Waals surface area contributed by atoms with Crippen LogP contribution in [-0.2, 0) is 12.8 Å². The molecule has 0 saturated heterocycles. The Morgan fingerprint density at radius 3 is 2.89 bits per heavy atom. The predicted octanol–water partition coefficient (Wildman–Crippen LogP) is 3.28. The smallest absolute Gasteiger partial charge is 0.124 e. The molecule has 2 rings (SSSR count). The molecular weight excluding hydrogens is 319 g/mol. The zero-order chi connectivity index (χ0) is 13.1. The van der Waals surface area contributed by atoms with Gasteiger partial charge in [0.15, 0.2) is 0 Å². The van der Waals surface area contributed by atoms with Gasteiger partial charge in [-0.15, -0.1) is 5.10 Å². The van der Waals surface area contributed by atoms with Crippen molar-refractivity contribution in [3.63, 3.8) is 0 Å². The number of aryl methyl sites for hydroxylation is 1. The molecule has 0 aliphatic rings. The van der Waals surface area contributed by atoms with E-state index in [4.69, 9.17) is 0 Å². The number of rotatable bonds is 4. The van der Waals surface area contributed by atoms with Gasteiger partial charge in [-0.2, -0.15) is 0 Å². The van der Waals surface area contributed by atoms with E-state index in [1.165, 1.54) is 23.7 Å². The Hall–Kier alpha value is -0.850. The molecule has 2 aromatic rings. The molecule has 18 heavy (non-hydrogen) atoms. The standard InChI is InChI=1S/C12H12BrFN2OS/c1-2-10-12(18-16-15-10)11(17)5-7-3-8(13)6-9(14)4-7/h3-4,6,11,17H,2,5H2,1H3. The van der Waals surface area contributed by atoms with Crippen molar-refractivity contribution in [3.05, 3.63) is 44.6 Å². The topological polar surface area (TPSA) is 46.0 Å². The van der Waals surface area contributed by atoms with Crippen molar-refractivity contribution < 1.29 is 9.50 Å². The van der Waals surface area contributed by atoms with Gasteiger partial charge >= 0.3 is 0 Å². The number of halogens is 2. The number of hydrogen-bond acceptors (Lipinski definition) is 4. The highest BCUT2D eigenvalue weighted by Gasteiger charge is 2.16. The summed E-state index contributed by atoms with van der Waals surface area (Å²) < 4.78 is 17.7. The summed E-state index contributed by atoms with van der Waals surface area (Å²) in [5, 5.41) is 14.1. The van der Waals surface area contributed by atoms with Crippen LogP contribution in [0.3, 0.4) is 0 Å². The second-order valence-electron chi connectivity index (χ2n) is 3.94. The van der Waals surface area contributed by atoms with E-state index in [1.807, 2.05) is 6.92 Å². The Labute approximate surface area is 117 Å². The number of aliphatic hydroxyl groups excluding tert-OH is 1. The molecule has 0 amide bonds. The zero-order valence-electron chi connectivity index (χ0n) is 9.73. The lowest BCUT2D eigenvalue weighted by atomic mass is 10.1. The van der Waals surface area contributed by atoms with Gasteiger partial charge in [0.25, 0.3) is 0 Å². The fraction of sp³-hybridized carbons (Fsp3) is 0.333. The largest absolute Gasteiger partial charge is 0.387 e. The summed E-state index contributed by atoms with van der Waals surface area (Å²) in [5.74, 6) is -0.315. The first-order valence-electron chi connectivity index (χ1n) is 5.54. The number of hydrogen-bond donors (Lipinski definition) is 1. The van der Waals surface area contributed by atoms with Gasteiger partial charge in [-0.25, -0.2) is 4.39 Å². The van der Waals surface area contributed by atoms with Gasteiger partial charge in [-0.1, -0.05) is 27.3 Å². The molecular formula is C12H12BrFN2OS. The highest BCUT2D eigenvalue weighted by atomic mass is 79.9. The van der Waals surface area contributed by atoms with Crippen molar-refractivity contribution in [1.29, 1.82) is 0 Å². The van der Waals surface area contributed by atoms with Crippen molar-refractivity contribution in [2.45, 2.75) is 25.9 Å². The third-order valence-electron chi connectivity index (χ3n) is 2.57. The minimum atomic E-state index is -0.686. The fourth-order valence-corrected chi connectivity index (χ4v) is 2.99. The van der Waals surface area contributed by atoms with Crippen LogP contribution in [0.1, 0.15) is 29.2 Å². The molecule has 0 bridgehead atoms. The first-order valence-corrected chi connectivity index (χ1v) is 7.11. The number of aromatic nitrogens is 2. The molecule has 0 aliphatic carbocycles. The molecule has 0 aliphatic heterocycles. The summed E-state index contributed by atoms with van der Waals surface area (Å²) in [5.41, 5.74) is 1.55. The molecule has 1 atom stereocenters. The average molecular weight is 331 g/mol. The third kappa shape index (κ3) is 3.13. The predicted molar refractivity (Wildman–Crippen MR) is 72.1 cm³/mol. The van der Waals surface area contributed by atoms with E-state index in [1.54, 1.807) is 6.07 Å². The van der Waals surface area contributed by atoms with E-state index in [0.29, 0.717) is 10.9 Å². The van der Waals surface area contributed by atoms with Gasteiger partial charge in [0.05, 0.1) is 16.7 Å². The second-order valence-corrected chi connectivity index (χ2v) is 5.64. The molecule has 0 radical (unpaired) electrons. The van der Waals surface area contributed by atoms with E-state index in [-0.39, 0.29) is 5.82 Å².